The minimum Gasteiger partial charge on any atom is -0.451 e. The Kier molecular flexibility index (Phi) is 7.39. The van der Waals surface area contributed by atoms with Crippen LogP contribution in [0.3, 0.4) is 0 Å². The summed E-state index contributed by atoms with van der Waals surface area (Å²) < 4.78 is 5.94. The molecule has 0 atom stereocenters. The summed E-state index contributed by atoms with van der Waals surface area (Å²) in [5.74, 6) is 0.289. The molecule has 0 bridgehead atoms. The van der Waals surface area contributed by atoms with Gasteiger partial charge in [0.25, 0.3) is 5.91 Å². The summed E-state index contributed by atoms with van der Waals surface area (Å²) in [4.78, 5) is 18.1. The molecule has 7 heteroatoms. The summed E-state index contributed by atoms with van der Waals surface area (Å²) in [6.45, 7) is 8.91. The van der Waals surface area contributed by atoms with Crippen molar-refractivity contribution >= 4 is 40.9 Å². The minimum atomic E-state index is -0.119. The summed E-state index contributed by atoms with van der Waals surface area (Å²) >= 11 is 6.27. The van der Waals surface area contributed by atoms with Crippen molar-refractivity contribution in [2.75, 3.05) is 39.8 Å². The summed E-state index contributed by atoms with van der Waals surface area (Å²) in [6.07, 6.45) is 6.09. The number of hydrogen-bond acceptors (Lipinski definition) is 4. The third-order valence-corrected chi connectivity index (χ3v) is 7.37. The standard InChI is InChI=1S/C23H32ClN3O2.ClH/c1-16-13-20-18(14-19(16)24)17(2)21(29-20)22(28)25-15-23(7-5-4-6-8-23)27-11-9-26(3)10-12-27;/h13-14H,4-12,15H2,1-3H3,(H,25,28);1H. The topological polar surface area (TPSA) is 48.7 Å². The molecule has 0 spiro atoms. The number of furan rings is 1. The molecule has 5 nitrogen and oxygen atoms in total. The minimum absolute atomic E-state index is 0. The number of carbonyl (C=O) groups is 1. The first kappa shape index (κ1) is 23.4. The smallest absolute Gasteiger partial charge is 0.287 e. The van der Waals surface area contributed by atoms with Crippen LogP contribution in [0.4, 0.5) is 0 Å². The van der Waals surface area contributed by atoms with Crippen molar-refractivity contribution < 1.29 is 9.21 Å². The Labute approximate surface area is 190 Å². The van der Waals surface area contributed by atoms with E-state index in [-0.39, 0.29) is 23.9 Å². The van der Waals surface area contributed by atoms with Crippen LogP contribution in [0.5, 0.6) is 0 Å². The average Bonchev–Trinajstić information content (AvgIpc) is 3.03. The normalized spacial score (nSPS) is 20.1. The van der Waals surface area contributed by atoms with E-state index in [0.717, 1.165) is 61.1 Å². The van der Waals surface area contributed by atoms with Gasteiger partial charge in [-0.1, -0.05) is 30.9 Å². The molecule has 166 valence electrons. The fraction of sp³-hybridized carbons (Fsp3) is 0.609. The highest BCUT2D eigenvalue weighted by Gasteiger charge is 2.39. The number of hydrogen-bond donors (Lipinski definition) is 1. The zero-order valence-corrected chi connectivity index (χ0v) is 19.8. The lowest BCUT2D eigenvalue weighted by Crippen LogP contribution is -2.61. The molecular formula is C23H33Cl2N3O2. The molecule has 2 fully saturated rings. The zero-order valence-electron chi connectivity index (χ0n) is 18.2. The largest absolute Gasteiger partial charge is 0.451 e. The lowest BCUT2D eigenvalue weighted by Gasteiger charge is -2.49. The predicted octanol–water partition coefficient (Wildman–Crippen LogP) is 4.80. The first-order valence-electron chi connectivity index (χ1n) is 10.8. The predicted molar refractivity (Wildman–Crippen MR) is 125 cm³/mol. The number of likely N-dealkylation sites (N-methyl/N-ethyl adjacent to an activating group) is 1. The van der Waals surface area contributed by atoms with Gasteiger partial charge in [0.15, 0.2) is 5.76 Å². The first-order chi connectivity index (χ1) is 13.9. The summed E-state index contributed by atoms with van der Waals surface area (Å²) in [7, 11) is 2.19. The van der Waals surface area contributed by atoms with Gasteiger partial charge in [-0.05, 0) is 51.4 Å². The van der Waals surface area contributed by atoms with E-state index < -0.39 is 0 Å². The van der Waals surface area contributed by atoms with Crippen molar-refractivity contribution in [2.45, 2.75) is 51.5 Å². The number of carbonyl (C=O) groups excluding carboxylic acids is 1. The van der Waals surface area contributed by atoms with Crippen LogP contribution in [0, 0.1) is 13.8 Å². The van der Waals surface area contributed by atoms with Gasteiger partial charge in [0.05, 0.1) is 0 Å². The molecule has 2 aliphatic rings. The molecule has 1 saturated heterocycles. The summed E-state index contributed by atoms with van der Waals surface area (Å²) in [5.41, 5.74) is 2.61. The molecule has 1 aromatic heterocycles. The van der Waals surface area contributed by atoms with E-state index in [1.54, 1.807) is 0 Å². The van der Waals surface area contributed by atoms with Crippen molar-refractivity contribution in [3.8, 4) is 0 Å². The van der Waals surface area contributed by atoms with Crippen molar-refractivity contribution in [1.29, 1.82) is 0 Å². The fourth-order valence-electron chi connectivity index (χ4n) is 4.98. The van der Waals surface area contributed by atoms with Gasteiger partial charge in [0, 0.05) is 54.2 Å². The van der Waals surface area contributed by atoms with Gasteiger partial charge in [-0.3, -0.25) is 9.69 Å². The van der Waals surface area contributed by atoms with Gasteiger partial charge in [-0.15, -0.1) is 12.4 Å². The van der Waals surface area contributed by atoms with Gasteiger partial charge in [-0.2, -0.15) is 0 Å². The Morgan fingerprint density at radius 3 is 2.47 bits per heavy atom. The van der Waals surface area contributed by atoms with Crippen LogP contribution in [0.25, 0.3) is 11.0 Å². The molecule has 2 aromatic rings. The van der Waals surface area contributed by atoms with Gasteiger partial charge in [-0.25, -0.2) is 0 Å². The van der Waals surface area contributed by atoms with Crippen molar-refractivity contribution in [3.63, 3.8) is 0 Å². The number of amides is 1. The third kappa shape index (κ3) is 4.50. The lowest BCUT2D eigenvalue weighted by atomic mass is 9.79. The van der Waals surface area contributed by atoms with Crippen molar-refractivity contribution in [2.24, 2.45) is 0 Å². The second-order valence-electron chi connectivity index (χ2n) is 8.91. The quantitative estimate of drug-likeness (QED) is 0.721. The Morgan fingerprint density at radius 2 is 1.80 bits per heavy atom. The van der Waals surface area contributed by atoms with Crippen LogP contribution in [0.1, 0.15) is 53.8 Å². The lowest BCUT2D eigenvalue weighted by molar-refractivity contribution is 0.0136. The van der Waals surface area contributed by atoms with Crippen LogP contribution in [-0.4, -0.2) is 61.0 Å². The van der Waals surface area contributed by atoms with Gasteiger partial charge < -0.3 is 14.6 Å². The molecule has 1 N–H and O–H groups in total. The maximum atomic E-state index is 13.1. The van der Waals surface area contributed by atoms with Gasteiger partial charge in [0.2, 0.25) is 0 Å². The maximum absolute atomic E-state index is 13.1. The van der Waals surface area contributed by atoms with Crippen LogP contribution in [0.2, 0.25) is 5.02 Å². The molecule has 0 radical (unpaired) electrons. The Balaban J connectivity index is 0.00000256. The molecule has 1 amide bonds. The monoisotopic (exact) mass is 453 g/mol. The second kappa shape index (κ2) is 9.47. The van der Waals surface area contributed by atoms with Crippen LogP contribution >= 0.6 is 24.0 Å². The summed E-state index contributed by atoms with van der Waals surface area (Å²) in [6, 6.07) is 3.81. The average molecular weight is 454 g/mol. The van der Waals surface area contributed by atoms with E-state index in [9.17, 15) is 4.79 Å². The van der Waals surface area contributed by atoms with E-state index >= 15 is 0 Å². The molecule has 1 saturated carbocycles. The van der Waals surface area contributed by atoms with Crippen molar-refractivity contribution in [1.82, 2.24) is 15.1 Å². The summed E-state index contributed by atoms with van der Waals surface area (Å²) in [5, 5.41) is 4.84. The number of fused-ring (bicyclic) bond motifs is 1. The molecular weight excluding hydrogens is 421 g/mol. The molecule has 1 aliphatic carbocycles. The highest BCUT2D eigenvalue weighted by atomic mass is 35.5. The number of rotatable bonds is 4. The number of aryl methyl sites for hydroxylation is 2. The number of piperazine rings is 1. The first-order valence-corrected chi connectivity index (χ1v) is 11.2. The van der Waals surface area contributed by atoms with Gasteiger partial charge in [0.1, 0.15) is 5.58 Å². The Hall–Kier alpha value is -1.27. The van der Waals surface area contributed by atoms with E-state index in [2.05, 4.69) is 22.2 Å². The van der Waals surface area contributed by atoms with E-state index in [1.165, 1.54) is 19.3 Å². The van der Waals surface area contributed by atoms with E-state index in [0.29, 0.717) is 17.3 Å². The number of nitrogens with one attached hydrogen (secondary N) is 1. The van der Waals surface area contributed by atoms with E-state index in [4.69, 9.17) is 16.0 Å². The van der Waals surface area contributed by atoms with Crippen molar-refractivity contribution in [3.05, 3.63) is 34.0 Å². The number of benzene rings is 1. The van der Waals surface area contributed by atoms with E-state index in [1.807, 2.05) is 26.0 Å². The molecule has 30 heavy (non-hydrogen) atoms. The van der Waals surface area contributed by atoms with Gasteiger partial charge >= 0.3 is 0 Å². The van der Waals surface area contributed by atoms with Crippen LogP contribution in [0.15, 0.2) is 16.5 Å². The molecule has 4 rings (SSSR count). The fourth-order valence-corrected chi connectivity index (χ4v) is 5.14. The molecule has 1 aliphatic heterocycles. The zero-order chi connectivity index (χ0) is 20.6. The Bertz CT molecular complexity index is 897. The number of halogens is 2. The highest BCUT2D eigenvalue weighted by Crippen LogP contribution is 2.34. The maximum Gasteiger partial charge on any atom is 0.287 e. The Morgan fingerprint density at radius 1 is 1.13 bits per heavy atom. The number of nitrogens with zero attached hydrogens (tertiary/aromatic N) is 2. The molecule has 2 heterocycles. The second-order valence-corrected chi connectivity index (χ2v) is 9.32. The highest BCUT2D eigenvalue weighted by molar-refractivity contribution is 6.32. The van der Waals surface area contributed by atoms with Crippen LogP contribution < -0.4 is 5.32 Å². The SMILES string of the molecule is Cc1cc2oc(C(=O)NCC3(N4CCN(C)CC4)CCCCC3)c(C)c2cc1Cl.Cl. The molecule has 0 unspecified atom stereocenters. The van der Waals surface area contributed by atoms with Crippen LogP contribution in [-0.2, 0) is 0 Å². The molecule has 1 aromatic carbocycles. The third-order valence-electron chi connectivity index (χ3n) is 6.96.